The smallest absolute Gasteiger partial charge is 0.232 e. The average Bonchev–Trinajstić information content (AvgIpc) is 3.34. The zero-order valence-corrected chi connectivity index (χ0v) is 14.5. The van der Waals surface area contributed by atoms with E-state index in [-0.39, 0.29) is 11.4 Å². The van der Waals surface area contributed by atoms with E-state index in [1.165, 1.54) is 16.6 Å². The summed E-state index contributed by atoms with van der Waals surface area (Å²) in [5.74, 6) is -0.839. The molecule has 0 spiro atoms. The van der Waals surface area contributed by atoms with E-state index < -0.39 is 12.0 Å². The first-order valence-electron chi connectivity index (χ1n) is 8.65. The molecule has 138 valence electrons. The van der Waals surface area contributed by atoms with Crippen molar-refractivity contribution in [3.8, 4) is 6.07 Å². The van der Waals surface area contributed by atoms with E-state index in [4.69, 9.17) is 5.26 Å². The Labute approximate surface area is 157 Å². The Bertz CT molecular complexity index is 1240. The Balaban J connectivity index is 1.67. The summed E-state index contributed by atoms with van der Waals surface area (Å²) in [6.07, 6.45) is 3.93. The zero-order valence-electron chi connectivity index (χ0n) is 14.5. The van der Waals surface area contributed by atoms with Gasteiger partial charge in [-0.15, -0.1) is 0 Å². The van der Waals surface area contributed by atoms with Crippen molar-refractivity contribution in [3.63, 3.8) is 0 Å². The fourth-order valence-electron chi connectivity index (χ4n) is 3.62. The van der Waals surface area contributed by atoms with Crippen molar-refractivity contribution in [2.45, 2.75) is 12.5 Å². The monoisotopic (exact) mass is 377 g/mol. The fourth-order valence-corrected chi connectivity index (χ4v) is 3.62. The van der Waals surface area contributed by atoms with Crippen LogP contribution in [0.15, 0.2) is 42.9 Å². The molecule has 1 aliphatic rings. The minimum atomic E-state index is -0.826. The molecule has 4 aromatic rings. The largest absolute Gasteiger partial charge is 0.348 e. The summed E-state index contributed by atoms with van der Waals surface area (Å²) in [4.78, 5) is 13.4. The van der Waals surface area contributed by atoms with Crippen LogP contribution in [0, 0.1) is 23.1 Å². The van der Waals surface area contributed by atoms with Crippen molar-refractivity contribution in [2.75, 3.05) is 11.4 Å². The summed E-state index contributed by atoms with van der Waals surface area (Å²) < 4.78 is 29.8. The number of hydrogen-bond acceptors (Lipinski definition) is 5. The molecule has 0 saturated carbocycles. The van der Waals surface area contributed by atoms with Crippen LogP contribution in [0.3, 0.4) is 0 Å². The Kier molecular flexibility index (Phi) is 3.58. The van der Waals surface area contributed by atoms with Crippen molar-refractivity contribution >= 4 is 11.3 Å². The number of nitriles is 1. The number of aromatic nitrogens is 5. The van der Waals surface area contributed by atoms with E-state index in [0.29, 0.717) is 30.0 Å². The molecule has 0 amide bonds. The Morgan fingerprint density at radius 1 is 1.25 bits per heavy atom. The standard InChI is InChI=1S/C19H13F2N7/c20-12-2-1-6-28-15(12)8-14(26-28)18-17-13(23-10-24-17)5-7-27(18)16-4-3-11(9-22)19(21)25-16/h1-4,6,8,10,18H,5,7H2,(H,23,24)/t18-/m1/s1. The normalized spacial score (nSPS) is 16.2. The molecule has 28 heavy (non-hydrogen) atoms. The third-order valence-electron chi connectivity index (χ3n) is 4.92. The number of hydrogen-bond donors (Lipinski definition) is 1. The van der Waals surface area contributed by atoms with Crippen molar-refractivity contribution in [2.24, 2.45) is 0 Å². The van der Waals surface area contributed by atoms with E-state index >= 15 is 0 Å². The number of aromatic amines is 1. The summed E-state index contributed by atoms with van der Waals surface area (Å²) in [7, 11) is 0. The van der Waals surface area contributed by atoms with Crippen LogP contribution in [0.2, 0.25) is 0 Å². The molecule has 1 aliphatic heterocycles. The van der Waals surface area contributed by atoms with Gasteiger partial charge in [0.1, 0.15) is 34.8 Å². The molecule has 5 heterocycles. The predicted octanol–water partition coefficient (Wildman–Crippen LogP) is 2.75. The van der Waals surface area contributed by atoms with E-state index in [0.717, 1.165) is 11.4 Å². The third kappa shape index (κ3) is 2.42. The molecule has 0 unspecified atom stereocenters. The topological polar surface area (TPSA) is 85.9 Å². The molecular formula is C19H13F2N7. The number of imidazole rings is 1. The molecule has 0 saturated heterocycles. The first-order chi connectivity index (χ1) is 13.7. The summed E-state index contributed by atoms with van der Waals surface area (Å²) in [5.41, 5.74) is 2.49. The Morgan fingerprint density at radius 3 is 2.93 bits per heavy atom. The van der Waals surface area contributed by atoms with Crippen molar-refractivity contribution in [3.05, 3.63) is 77.3 Å². The van der Waals surface area contributed by atoms with E-state index in [1.54, 1.807) is 36.8 Å². The SMILES string of the molecule is N#Cc1ccc(N2CCc3[nH]cnc3[C@H]2c2cc3c(F)cccn3n2)nc1F. The van der Waals surface area contributed by atoms with Gasteiger partial charge in [-0.2, -0.15) is 14.8 Å². The summed E-state index contributed by atoms with van der Waals surface area (Å²) in [5, 5.41) is 13.5. The van der Waals surface area contributed by atoms with Crippen LogP contribution in [0.25, 0.3) is 5.52 Å². The second-order valence-corrected chi connectivity index (χ2v) is 6.49. The number of rotatable bonds is 2. The fraction of sp³-hybridized carbons (Fsp3) is 0.158. The van der Waals surface area contributed by atoms with Gasteiger partial charge in [0.15, 0.2) is 0 Å². The summed E-state index contributed by atoms with van der Waals surface area (Å²) in [6.45, 7) is 0.536. The molecule has 9 heteroatoms. The number of nitrogens with zero attached hydrogens (tertiary/aromatic N) is 6. The number of nitrogens with one attached hydrogen (secondary N) is 1. The van der Waals surface area contributed by atoms with Gasteiger partial charge in [-0.25, -0.2) is 18.9 Å². The van der Waals surface area contributed by atoms with Crippen LogP contribution in [-0.4, -0.2) is 31.1 Å². The number of H-pyrrole nitrogens is 1. The number of pyridine rings is 2. The van der Waals surface area contributed by atoms with Gasteiger partial charge in [0.05, 0.1) is 17.7 Å². The second kappa shape index (κ2) is 6.13. The first-order valence-corrected chi connectivity index (χ1v) is 8.65. The average molecular weight is 377 g/mol. The lowest BCUT2D eigenvalue weighted by Crippen LogP contribution is -2.37. The minimum Gasteiger partial charge on any atom is -0.348 e. The molecule has 1 atom stereocenters. The van der Waals surface area contributed by atoms with Crippen LogP contribution < -0.4 is 4.90 Å². The molecule has 5 rings (SSSR count). The van der Waals surface area contributed by atoms with Crippen LogP contribution >= 0.6 is 0 Å². The molecule has 1 N–H and O–H groups in total. The van der Waals surface area contributed by atoms with Gasteiger partial charge in [0.25, 0.3) is 0 Å². The highest BCUT2D eigenvalue weighted by atomic mass is 19.1. The maximum atomic E-state index is 14.2. The predicted molar refractivity (Wildman–Crippen MR) is 95.5 cm³/mol. The zero-order chi connectivity index (χ0) is 19.3. The number of fused-ring (bicyclic) bond motifs is 2. The van der Waals surface area contributed by atoms with E-state index in [1.807, 2.05) is 4.90 Å². The van der Waals surface area contributed by atoms with Gasteiger partial charge in [-0.05, 0) is 30.3 Å². The molecule has 0 radical (unpaired) electrons. The number of halogens is 2. The van der Waals surface area contributed by atoms with Crippen LogP contribution in [0.4, 0.5) is 14.6 Å². The van der Waals surface area contributed by atoms with Gasteiger partial charge in [0, 0.05) is 24.9 Å². The Hall–Kier alpha value is -3.80. The Morgan fingerprint density at radius 2 is 2.14 bits per heavy atom. The highest BCUT2D eigenvalue weighted by Gasteiger charge is 2.34. The lowest BCUT2D eigenvalue weighted by molar-refractivity contribution is 0.562. The molecule has 4 aromatic heterocycles. The van der Waals surface area contributed by atoms with Crippen molar-refractivity contribution in [1.29, 1.82) is 5.26 Å². The quantitative estimate of drug-likeness (QED) is 0.543. The second-order valence-electron chi connectivity index (χ2n) is 6.49. The van der Waals surface area contributed by atoms with Gasteiger partial charge in [0.2, 0.25) is 5.95 Å². The van der Waals surface area contributed by atoms with Crippen LogP contribution in [-0.2, 0) is 6.42 Å². The van der Waals surface area contributed by atoms with Gasteiger partial charge in [-0.3, -0.25) is 0 Å². The highest BCUT2D eigenvalue weighted by Crippen LogP contribution is 2.36. The maximum Gasteiger partial charge on any atom is 0.232 e. The summed E-state index contributed by atoms with van der Waals surface area (Å²) in [6, 6.07) is 8.92. The highest BCUT2D eigenvalue weighted by molar-refractivity contribution is 5.55. The van der Waals surface area contributed by atoms with Crippen LogP contribution in [0.1, 0.15) is 28.7 Å². The van der Waals surface area contributed by atoms with Gasteiger partial charge < -0.3 is 9.88 Å². The molecule has 0 bridgehead atoms. The van der Waals surface area contributed by atoms with E-state index in [2.05, 4.69) is 20.1 Å². The minimum absolute atomic E-state index is 0.118. The number of anilines is 1. The van der Waals surface area contributed by atoms with Crippen molar-refractivity contribution < 1.29 is 8.78 Å². The molecule has 0 aromatic carbocycles. The maximum absolute atomic E-state index is 14.2. The van der Waals surface area contributed by atoms with Gasteiger partial charge in [-0.1, -0.05) is 0 Å². The molecule has 7 nitrogen and oxygen atoms in total. The van der Waals surface area contributed by atoms with E-state index in [9.17, 15) is 8.78 Å². The molecule has 0 fully saturated rings. The molecular weight excluding hydrogens is 364 g/mol. The lowest BCUT2D eigenvalue weighted by atomic mass is 9.99. The first kappa shape index (κ1) is 16.4. The third-order valence-corrected chi connectivity index (χ3v) is 4.92. The summed E-state index contributed by atoms with van der Waals surface area (Å²) >= 11 is 0. The van der Waals surface area contributed by atoms with Gasteiger partial charge >= 0.3 is 0 Å². The van der Waals surface area contributed by atoms with Crippen LogP contribution in [0.5, 0.6) is 0 Å². The molecule has 0 aliphatic carbocycles. The van der Waals surface area contributed by atoms with Crippen molar-refractivity contribution in [1.82, 2.24) is 24.6 Å². The lowest BCUT2D eigenvalue weighted by Gasteiger charge is -2.34.